The van der Waals surface area contributed by atoms with Gasteiger partial charge in [0.2, 0.25) is 5.91 Å². The smallest absolute Gasteiger partial charge is 0.255 e. The van der Waals surface area contributed by atoms with Crippen molar-refractivity contribution in [1.29, 1.82) is 0 Å². The Morgan fingerprint density at radius 2 is 1.69 bits per heavy atom. The molecule has 0 spiro atoms. The molecule has 0 atom stereocenters. The normalized spacial score (nSPS) is 10.7. The number of hydrogen-bond acceptors (Lipinski definition) is 3. The van der Waals surface area contributed by atoms with Gasteiger partial charge in [0.15, 0.2) is 11.6 Å². The van der Waals surface area contributed by atoms with Gasteiger partial charge < -0.3 is 10.6 Å². The molecule has 0 aliphatic carbocycles. The van der Waals surface area contributed by atoms with Gasteiger partial charge in [0.1, 0.15) is 5.82 Å². The molecule has 0 fully saturated rings. The Bertz CT molecular complexity index is 1080. The standard InChI is InChI=1S/C20H17F3N4O2/c1-11-19(12(2)27(26-11)15-6-3-13(21)4-7-15)20(29)24-10-18(28)25-14-5-8-16(22)17(23)9-14/h3-9H,10H2,1-2H3,(H,24,29)(H,25,28). The molecule has 2 N–H and O–H groups in total. The molecule has 9 heteroatoms. The van der Waals surface area contributed by atoms with E-state index in [4.69, 9.17) is 0 Å². The third kappa shape index (κ3) is 4.45. The summed E-state index contributed by atoms with van der Waals surface area (Å²) in [6.45, 7) is 2.95. The summed E-state index contributed by atoms with van der Waals surface area (Å²) in [5.74, 6) is -3.63. The second-order valence-corrected chi connectivity index (χ2v) is 6.29. The van der Waals surface area contributed by atoms with Crippen LogP contribution in [0.4, 0.5) is 18.9 Å². The Hall–Kier alpha value is -3.62. The minimum atomic E-state index is -1.09. The molecule has 3 rings (SSSR count). The van der Waals surface area contributed by atoms with Crippen LogP contribution in [0.3, 0.4) is 0 Å². The molecule has 0 bridgehead atoms. The summed E-state index contributed by atoms with van der Waals surface area (Å²) in [5.41, 5.74) is 1.90. The van der Waals surface area contributed by atoms with Crippen LogP contribution in [0.15, 0.2) is 42.5 Å². The number of carbonyl (C=O) groups is 2. The molecule has 2 aromatic carbocycles. The lowest BCUT2D eigenvalue weighted by molar-refractivity contribution is -0.115. The molecular weight excluding hydrogens is 385 g/mol. The largest absolute Gasteiger partial charge is 0.343 e. The van der Waals surface area contributed by atoms with E-state index in [1.807, 2.05) is 0 Å². The molecule has 2 amide bonds. The van der Waals surface area contributed by atoms with Crippen LogP contribution in [0.5, 0.6) is 0 Å². The van der Waals surface area contributed by atoms with Gasteiger partial charge in [-0.25, -0.2) is 17.9 Å². The number of rotatable bonds is 5. The average Bonchev–Trinajstić information content (AvgIpc) is 2.98. The zero-order chi connectivity index (χ0) is 21.1. The summed E-state index contributed by atoms with van der Waals surface area (Å²) in [6.07, 6.45) is 0. The van der Waals surface area contributed by atoms with Crippen LogP contribution in [0.25, 0.3) is 5.69 Å². The quantitative estimate of drug-likeness (QED) is 0.688. The van der Waals surface area contributed by atoms with Crippen LogP contribution >= 0.6 is 0 Å². The highest BCUT2D eigenvalue weighted by molar-refractivity contribution is 6.00. The molecule has 3 aromatic rings. The summed E-state index contributed by atoms with van der Waals surface area (Å²) in [4.78, 5) is 24.5. The minimum Gasteiger partial charge on any atom is -0.343 e. The molecule has 0 aliphatic heterocycles. The van der Waals surface area contributed by atoms with Crippen LogP contribution in [0.1, 0.15) is 21.7 Å². The molecule has 0 saturated heterocycles. The highest BCUT2D eigenvalue weighted by Crippen LogP contribution is 2.18. The number of nitrogens with one attached hydrogen (secondary N) is 2. The van der Waals surface area contributed by atoms with Gasteiger partial charge in [-0.15, -0.1) is 0 Å². The highest BCUT2D eigenvalue weighted by atomic mass is 19.2. The van der Waals surface area contributed by atoms with Gasteiger partial charge in [-0.3, -0.25) is 9.59 Å². The molecular formula is C20H17F3N4O2. The first kappa shape index (κ1) is 20.1. The first-order valence-electron chi connectivity index (χ1n) is 8.61. The number of amides is 2. The van der Waals surface area contributed by atoms with Crippen molar-refractivity contribution in [2.75, 3.05) is 11.9 Å². The van der Waals surface area contributed by atoms with Crippen molar-refractivity contribution in [2.24, 2.45) is 0 Å². The number of anilines is 1. The fourth-order valence-electron chi connectivity index (χ4n) is 2.83. The summed E-state index contributed by atoms with van der Waals surface area (Å²) >= 11 is 0. The maximum absolute atomic E-state index is 13.2. The lowest BCUT2D eigenvalue weighted by Crippen LogP contribution is -2.33. The number of nitrogens with zero attached hydrogens (tertiary/aromatic N) is 2. The van der Waals surface area contributed by atoms with Crippen molar-refractivity contribution < 1.29 is 22.8 Å². The second kappa shape index (κ2) is 8.17. The van der Waals surface area contributed by atoms with E-state index in [-0.39, 0.29) is 23.6 Å². The van der Waals surface area contributed by atoms with Crippen LogP contribution in [-0.2, 0) is 4.79 Å². The zero-order valence-corrected chi connectivity index (χ0v) is 15.6. The Morgan fingerprint density at radius 3 is 2.34 bits per heavy atom. The third-order valence-corrected chi connectivity index (χ3v) is 4.20. The second-order valence-electron chi connectivity index (χ2n) is 6.29. The molecule has 0 saturated carbocycles. The maximum Gasteiger partial charge on any atom is 0.255 e. The lowest BCUT2D eigenvalue weighted by atomic mass is 10.2. The Balaban J connectivity index is 1.68. The highest BCUT2D eigenvalue weighted by Gasteiger charge is 2.20. The molecule has 29 heavy (non-hydrogen) atoms. The topological polar surface area (TPSA) is 76.0 Å². The van der Waals surface area contributed by atoms with Crippen molar-refractivity contribution in [3.63, 3.8) is 0 Å². The maximum atomic E-state index is 13.2. The van der Waals surface area contributed by atoms with E-state index in [1.54, 1.807) is 13.8 Å². The van der Waals surface area contributed by atoms with Crippen molar-refractivity contribution >= 4 is 17.5 Å². The number of carbonyl (C=O) groups excluding carboxylic acids is 2. The van der Waals surface area contributed by atoms with E-state index in [1.165, 1.54) is 35.0 Å². The number of benzene rings is 2. The van der Waals surface area contributed by atoms with Gasteiger partial charge >= 0.3 is 0 Å². The molecule has 0 aliphatic rings. The van der Waals surface area contributed by atoms with E-state index in [2.05, 4.69) is 15.7 Å². The van der Waals surface area contributed by atoms with E-state index < -0.39 is 23.4 Å². The number of aryl methyl sites for hydroxylation is 1. The summed E-state index contributed by atoms with van der Waals surface area (Å²) in [6, 6.07) is 8.58. The third-order valence-electron chi connectivity index (χ3n) is 4.20. The van der Waals surface area contributed by atoms with Gasteiger partial charge in [-0.1, -0.05) is 0 Å². The molecule has 150 valence electrons. The van der Waals surface area contributed by atoms with E-state index >= 15 is 0 Å². The predicted octanol–water partition coefficient (Wildman–Crippen LogP) is 3.27. The molecule has 0 unspecified atom stereocenters. The predicted molar refractivity (Wildman–Crippen MR) is 100 cm³/mol. The number of halogens is 3. The lowest BCUT2D eigenvalue weighted by Gasteiger charge is -2.08. The van der Waals surface area contributed by atoms with Crippen molar-refractivity contribution in [2.45, 2.75) is 13.8 Å². The summed E-state index contributed by atoms with van der Waals surface area (Å²) in [5, 5.41) is 9.13. The fourth-order valence-corrected chi connectivity index (χ4v) is 2.83. The Morgan fingerprint density at radius 1 is 1.00 bits per heavy atom. The van der Waals surface area contributed by atoms with E-state index in [0.29, 0.717) is 17.1 Å². The first-order chi connectivity index (χ1) is 13.8. The fraction of sp³-hybridized carbons (Fsp3) is 0.150. The number of aromatic nitrogens is 2. The molecule has 1 heterocycles. The van der Waals surface area contributed by atoms with Crippen molar-refractivity contribution in [1.82, 2.24) is 15.1 Å². The average molecular weight is 402 g/mol. The van der Waals surface area contributed by atoms with Crippen molar-refractivity contribution in [3.05, 3.63) is 76.9 Å². The van der Waals surface area contributed by atoms with E-state index in [0.717, 1.165) is 12.1 Å². The monoisotopic (exact) mass is 402 g/mol. The minimum absolute atomic E-state index is 0.0691. The Kier molecular flexibility index (Phi) is 5.67. The zero-order valence-electron chi connectivity index (χ0n) is 15.6. The van der Waals surface area contributed by atoms with E-state index in [9.17, 15) is 22.8 Å². The van der Waals surface area contributed by atoms with Crippen LogP contribution in [0, 0.1) is 31.3 Å². The van der Waals surface area contributed by atoms with Gasteiger partial charge in [-0.05, 0) is 50.2 Å². The van der Waals surface area contributed by atoms with Gasteiger partial charge in [-0.2, -0.15) is 5.10 Å². The van der Waals surface area contributed by atoms with Crippen LogP contribution in [-0.4, -0.2) is 28.1 Å². The molecule has 0 radical (unpaired) electrons. The van der Waals surface area contributed by atoms with Gasteiger partial charge in [0.05, 0.1) is 29.2 Å². The summed E-state index contributed by atoms with van der Waals surface area (Å²) < 4.78 is 40.7. The Labute approximate surface area is 164 Å². The number of hydrogen-bond donors (Lipinski definition) is 2. The molecule has 1 aromatic heterocycles. The summed E-state index contributed by atoms with van der Waals surface area (Å²) in [7, 11) is 0. The van der Waals surface area contributed by atoms with Crippen LogP contribution in [0.2, 0.25) is 0 Å². The van der Waals surface area contributed by atoms with Gasteiger partial charge in [0.25, 0.3) is 5.91 Å². The van der Waals surface area contributed by atoms with Crippen molar-refractivity contribution in [3.8, 4) is 5.69 Å². The SMILES string of the molecule is Cc1nn(-c2ccc(F)cc2)c(C)c1C(=O)NCC(=O)Nc1ccc(F)c(F)c1. The van der Waals surface area contributed by atoms with Crippen LogP contribution < -0.4 is 10.6 Å². The van der Waals surface area contributed by atoms with Gasteiger partial charge in [0, 0.05) is 11.8 Å². The first-order valence-corrected chi connectivity index (χ1v) is 8.61. The molecule has 6 nitrogen and oxygen atoms in total.